The average molecular weight is 382 g/mol. The Morgan fingerprint density at radius 1 is 1.22 bits per heavy atom. The van der Waals surface area contributed by atoms with Gasteiger partial charge in [-0.2, -0.15) is 0 Å². The molecule has 1 unspecified atom stereocenters. The second-order valence-electron chi connectivity index (χ2n) is 7.71. The Bertz CT molecular complexity index is 800. The highest BCUT2D eigenvalue weighted by atomic mass is 19.3. The van der Waals surface area contributed by atoms with Crippen molar-refractivity contribution in [2.75, 3.05) is 13.7 Å². The minimum atomic E-state index is -2.63. The van der Waals surface area contributed by atoms with Crippen LogP contribution >= 0.6 is 0 Å². The van der Waals surface area contributed by atoms with Gasteiger partial charge in [-0.25, -0.2) is 13.2 Å². The molecule has 3 aliphatic rings. The van der Waals surface area contributed by atoms with Crippen LogP contribution in [0.2, 0.25) is 0 Å². The first kappa shape index (κ1) is 18.1. The first-order valence-corrected chi connectivity index (χ1v) is 9.07. The molecule has 27 heavy (non-hydrogen) atoms. The molecular formula is C19H21F3N2O3. The minimum absolute atomic E-state index is 0.172. The van der Waals surface area contributed by atoms with Crippen molar-refractivity contribution in [2.45, 2.75) is 43.8 Å². The maximum Gasteiger partial charge on any atom is 0.254 e. The molecule has 0 saturated heterocycles. The number of rotatable bonds is 4. The molecule has 1 aliphatic heterocycles. The van der Waals surface area contributed by atoms with Crippen LogP contribution in [0, 0.1) is 11.8 Å². The highest BCUT2D eigenvalue weighted by Crippen LogP contribution is 2.58. The lowest BCUT2D eigenvalue weighted by Gasteiger charge is -2.15. The predicted molar refractivity (Wildman–Crippen MR) is 91.1 cm³/mol. The predicted octanol–water partition coefficient (Wildman–Crippen LogP) is 2.65. The van der Waals surface area contributed by atoms with Crippen molar-refractivity contribution < 1.29 is 27.5 Å². The van der Waals surface area contributed by atoms with Crippen LogP contribution in [0.3, 0.4) is 0 Å². The van der Waals surface area contributed by atoms with Crippen LogP contribution in [-0.2, 0) is 0 Å². The molecule has 8 heteroatoms. The summed E-state index contributed by atoms with van der Waals surface area (Å²) in [6, 6.07) is 2.76. The van der Waals surface area contributed by atoms with Crippen molar-refractivity contribution in [1.29, 1.82) is 0 Å². The minimum Gasteiger partial charge on any atom is -0.486 e. The van der Waals surface area contributed by atoms with Crippen molar-refractivity contribution in [2.24, 2.45) is 11.8 Å². The molecule has 0 spiro atoms. The smallest absolute Gasteiger partial charge is 0.254 e. The van der Waals surface area contributed by atoms with Crippen molar-refractivity contribution in [3.63, 3.8) is 0 Å². The van der Waals surface area contributed by atoms with E-state index in [1.54, 1.807) is 13.0 Å². The molecule has 146 valence electrons. The van der Waals surface area contributed by atoms with E-state index in [-0.39, 0.29) is 47.8 Å². The van der Waals surface area contributed by atoms with E-state index in [2.05, 4.69) is 10.6 Å². The van der Waals surface area contributed by atoms with Crippen LogP contribution < -0.4 is 15.4 Å². The van der Waals surface area contributed by atoms with Crippen LogP contribution in [0.5, 0.6) is 5.75 Å². The number of hydrogen-bond acceptors (Lipinski definition) is 3. The molecule has 1 heterocycles. The molecule has 5 nitrogen and oxygen atoms in total. The Hall–Kier alpha value is -2.25. The zero-order chi connectivity index (χ0) is 19.5. The first-order valence-electron chi connectivity index (χ1n) is 9.07. The Kier molecular flexibility index (Phi) is 4.12. The topological polar surface area (TPSA) is 67.4 Å². The fourth-order valence-electron chi connectivity index (χ4n) is 4.40. The van der Waals surface area contributed by atoms with Gasteiger partial charge in [0.05, 0.1) is 5.56 Å². The average Bonchev–Trinajstić information content (AvgIpc) is 2.97. The van der Waals surface area contributed by atoms with Crippen LogP contribution in [0.15, 0.2) is 12.1 Å². The first-order chi connectivity index (χ1) is 12.8. The fraction of sp³-hybridized carbons (Fsp3) is 0.579. The van der Waals surface area contributed by atoms with Gasteiger partial charge in [-0.3, -0.25) is 9.59 Å². The maximum atomic E-state index is 13.3. The standard InChI is InChI=1S/C19H21F3N2O3/c1-8-10-3-9(4-11(18(26)23-2)16(10)27-14(8)7-20)17(25)24-15-12-5-19(21,22)6-13(12)15/h3-4,8,12-15H,5-7H2,1-2H3,(H,23,26)(H,24,25)/t8-,12-,13+,14+,15?/m0/s1. The third kappa shape index (κ3) is 2.95. The van der Waals surface area contributed by atoms with Crippen LogP contribution in [0.1, 0.15) is 52.0 Å². The number of ether oxygens (including phenoxy) is 1. The lowest BCUT2D eigenvalue weighted by molar-refractivity contribution is -0.00623. The molecule has 2 aliphatic carbocycles. The van der Waals surface area contributed by atoms with E-state index in [0.29, 0.717) is 11.3 Å². The van der Waals surface area contributed by atoms with Gasteiger partial charge in [0.15, 0.2) is 0 Å². The number of alkyl halides is 3. The summed E-state index contributed by atoms with van der Waals surface area (Å²) in [6.07, 6.45) is -1.09. The number of amides is 2. The summed E-state index contributed by atoms with van der Waals surface area (Å²) in [5.41, 5.74) is 1.02. The molecule has 0 bridgehead atoms. The molecule has 0 aromatic heterocycles. The number of fused-ring (bicyclic) bond motifs is 2. The van der Waals surface area contributed by atoms with E-state index >= 15 is 0 Å². The molecule has 0 radical (unpaired) electrons. The Balaban J connectivity index is 1.58. The van der Waals surface area contributed by atoms with Gasteiger partial charge in [0, 0.05) is 43.0 Å². The van der Waals surface area contributed by atoms with Crippen molar-refractivity contribution in [3.05, 3.63) is 28.8 Å². The van der Waals surface area contributed by atoms with Gasteiger partial charge < -0.3 is 15.4 Å². The highest BCUT2D eigenvalue weighted by Gasteiger charge is 2.63. The summed E-state index contributed by atoms with van der Waals surface area (Å²) in [6.45, 7) is 1.07. The quantitative estimate of drug-likeness (QED) is 0.841. The number of carbonyl (C=O) groups excluding carboxylic acids is 2. The third-order valence-corrected chi connectivity index (χ3v) is 6.02. The Morgan fingerprint density at radius 2 is 1.89 bits per heavy atom. The summed E-state index contributed by atoms with van der Waals surface area (Å²) in [4.78, 5) is 24.9. The number of hydrogen-bond donors (Lipinski definition) is 2. The van der Waals surface area contributed by atoms with Gasteiger partial charge in [-0.05, 0) is 24.0 Å². The summed E-state index contributed by atoms with van der Waals surface area (Å²) in [5.74, 6) is -3.86. The molecule has 1 aromatic rings. The van der Waals surface area contributed by atoms with Crippen molar-refractivity contribution in [3.8, 4) is 5.75 Å². The Morgan fingerprint density at radius 3 is 2.48 bits per heavy atom. The number of nitrogens with one attached hydrogen (secondary N) is 2. The van der Waals surface area contributed by atoms with E-state index in [1.165, 1.54) is 13.1 Å². The molecule has 2 amide bonds. The largest absolute Gasteiger partial charge is 0.486 e. The van der Waals surface area contributed by atoms with E-state index in [9.17, 15) is 22.8 Å². The van der Waals surface area contributed by atoms with Crippen LogP contribution in [0.4, 0.5) is 13.2 Å². The molecule has 2 fully saturated rings. The maximum absolute atomic E-state index is 13.3. The monoisotopic (exact) mass is 382 g/mol. The summed E-state index contributed by atoms with van der Waals surface area (Å²) in [5, 5.41) is 5.30. The second-order valence-corrected chi connectivity index (χ2v) is 7.71. The SMILES string of the molecule is CNC(=O)c1cc(C(=O)NC2[C@H]3CC(F)(F)C[C@@H]23)cc2c1O[C@H](CF)[C@H]2C. The normalized spacial score (nSPS) is 32.3. The second kappa shape index (κ2) is 6.14. The lowest BCUT2D eigenvalue weighted by Crippen LogP contribution is -2.31. The van der Waals surface area contributed by atoms with Gasteiger partial charge in [0.1, 0.15) is 18.5 Å². The van der Waals surface area contributed by atoms with Gasteiger partial charge in [-0.15, -0.1) is 0 Å². The number of benzene rings is 1. The van der Waals surface area contributed by atoms with Crippen LogP contribution in [0.25, 0.3) is 0 Å². The Labute approximate surface area is 154 Å². The van der Waals surface area contributed by atoms with E-state index < -0.39 is 30.5 Å². The summed E-state index contributed by atoms with van der Waals surface area (Å²) >= 11 is 0. The molecule has 1 aromatic carbocycles. The van der Waals surface area contributed by atoms with Gasteiger partial charge in [0.2, 0.25) is 5.92 Å². The van der Waals surface area contributed by atoms with Gasteiger partial charge >= 0.3 is 0 Å². The van der Waals surface area contributed by atoms with Gasteiger partial charge in [-0.1, -0.05) is 6.92 Å². The molecule has 2 N–H and O–H groups in total. The molecule has 5 atom stereocenters. The number of carbonyl (C=O) groups is 2. The van der Waals surface area contributed by atoms with Gasteiger partial charge in [0.25, 0.3) is 11.8 Å². The molecular weight excluding hydrogens is 361 g/mol. The highest BCUT2D eigenvalue weighted by molar-refractivity contribution is 6.02. The fourth-order valence-corrected chi connectivity index (χ4v) is 4.40. The number of halogens is 3. The molecule has 2 saturated carbocycles. The summed E-state index contributed by atoms with van der Waals surface area (Å²) in [7, 11) is 1.46. The van der Waals surface area contributed by atoms with Crippen LogP contribution in [-0.4, -0.2) is 43.6 Å². The van der Waals surface area contributed by atoms with E-state index in [0.717, 1.165) is 0 Å². The third-order valence-electron chi connectivity index (χ3n) is 6.02. The zero-order valence-corrected chi connectivity index (χ0v) is 15.0. The summed E-state index contributed by atoms with van der Waals surface area (Å²) < 4.78 is 45.4. The van der Waals surface area contributed by atoms with E-state index in [1.807, 2.05) is 0 Å². The molecule has 4 rings (SSSR count). The lowest BCUT2D eigenvalue weighted by atomic mass is 9.93. The van der Waals surface area contributed by atoms with E-state index in [4.69, 9.17) is 4.74 Å². The zero-order valence-electron chi connectivity index (χ0n) is 15.0. The van der Waals surface area contributed by atoms with Crippen molar-refractivity contribution >= 4 is 11.8 Å². The van der Waals surface area contributed by atoms with Crippen molar-refractivity contribution in [1.82, 2.24) is 10.6 Å².